The van der Waals surface area contributed by atoms with Crippen LogP contribution < -0.4 is 21.2 Å². The normalized spacial score (nSPS) is 10.9. The molecule has 0 aliphatic heterocycles. The third kappa shape index (κ3) is 3.34. The minimum absolute atomic E-state index is 0.0858. The Morgan fingerprint density at radius 3 is 2.93 bits per heavy atom. The summed E-state index contributed by atoms with van der Waals surface area (Å²) in [6.45, 7) is 2.44. The zero-order valence-corrected chi connectivity index (χ0v) is 15.1. The van der Waals surface area contributed by atoms with Gasteiger partial charge in [-0.2, -0.15) is 0 Å². The second-order valence-corrected chi connectivity index (χ2v) is 6.65. The molecule has 2 heterocycles. The van der Waals surface area contributed by atoms with Crippen molar-refractivity contribution >= 4 is 43.6 Å². The fraction of sp³-hybridized carbons (Fsp3) is 0.105. The highest BCUT2D eigenvalue weighted by Gasteiger charge is 2.15. The quantitative estimate of drug-likeness (QED) is 0.406. The molecule has 0 bridgehead atoms. The van der Waals surface area contributed by atoms with Gasteiger partial charge < -0.3 is 9.15 Å². The molecule has 2 N–H and O–H groups in total. The summed E-state index contributed by atoms with van der Waals surface area (Å²) < 4.78 is 11.7. The van der Waals surface area contributed by atoms with Gasteiger partial charge in [-0.3, -0.25) is 15.6 Å². The van der Waals surface area contributed by atoms with Crippen LogP contribution in [0.3, 0.4) is 0 Å². The molecule has 1 amide bonds. The van der Waals surface area contributed by atoms with Crippen molar-refractivity contribution in [1.82, 2.24) is 10.4 Å². The molecule has 0 atom stereocenters. The van der Waals surface area contributed by atoms with Gasteiger partial charge in [0, 0.05) is 5.39 Å². The fourth-order valence-corrected chi connectivity index (χ4v) is 3.48. The van der Waals surface area contributed by atoms with Crippen LogP contribution in [0, 0.1) is 0 Å². The summed E-state index contributed by atoms with van der Waals surface area (Å²) in [5.74, 6) is 0.0830. The lowest BCUT2D eigenvalue weighted by atomic mass is 10.2. The summed E-state index contributed by atoms with van der Waals surface area (Å²) in [6.07, 6.45) is 0. The van der Waals surface area contributed by atoms with E-state index < -0.39 is 11.5 Å². The van der Waals surface area contributed by atoms with E-state index in [0.29, 0.717) is 34.0 Å². The second kappa shape index (κ2) is 7.08. The topological polar surface area (TPSA) is 93.5 Å². The number of amides is 1. The van der Waals surface area contributed by atoms with Gasteiger partial charge in [-0.1, -0.05) is 35.6 Å². The highest BCUT2D eigenvalue weighted by molar-refractivity contribution is 7.22. The van der Waals surface area contributed by atoms with E-state index in [1.807, 2.05) is 25.1 Å². The van der Waals surface area contributed by atoms with Crippen LogP contribution in [0.5, 0.6) is 5.75 Å². The van der Waals surface area contributed by atoms with E-state index in [1.54, 1.807) is 24.3 Å². The summed E-state index contributed by atoms with van der Waals surface area (Å²) in [4.78, 5) is 28.9. The standard InChI is InChI=1S/C19H15N3O4S/c1-2-25-14-8-5-9-15-16(14)20-19(27-15)22-21-17(23)12-10-11-6-3-4-7-13(11)26-18(12)24/h3-10H,2H2,1H3,(H,20,22)(H,21,23). The smallest absolute Gasteiger partial charge is 0.349 e. The molecule has 4 aromatic rings. The van der Waals surface area contributed by atoms with Crippen LogP contribution in [0.4, 0.5) is 5.13 Å². The van der Waals surface area contributed by atoms with Gasteiger partial charge in [0.05, 0.1) is 11.3 Å². The maximum absolute atomic E-state index is 12.4. The Morgan fingerprint density at radius 2 is 2.07 bits per heavy atom. The number of carbonyl (C=O) groups is 1. The Kier molecular flexibility index (Phi) is 4.47. The molecule has 0 aliphatic rings. The molecule has 0 aliphatic carbocycles. The van der Waals surface area contributed by atoms with E-state index >= 15 is 0 Å². The summed E-state index contributed by atoms with van der Waals surface area (Å²) in [5, 5.41) is 1.15. The van der Waals surface area contributed by atoms with E-state index in [-0.39, 0.29) is 5.56 Å². The number of rotatable bonds is 5. The molecule has 0 radical (unpaired) electrons. The number of aromatic nitrogens is 1. The zero-order chi connectivity index (χ0) is 18.8. The highest BCUT2D eigenvalue weighted by atomic mass is 32.1. The summed E-state index contributed by atoms with van der Waals surface area (Å²) >= 11 is 1.36. The van der Waals surface area contributed by atoms with Gasteiger partial charge in [-0.25, -0.2) is 9.78 Å². The van der Waals surface area contributed by atoms with Gasteiger partial charge in [0.1, 0.15) is 22.4 Å². The molecule has 8 heteroatoms. The number of nitrogens with one attached hydrogen (secondary N) is 2. The number of para-hydroxylation sites is 2. The Labute approximate surface area is 157 Å². The molecule has 0 fully saturated rings. The number of benzene rings is 2. The molecular formula is C19H15N3O4S. The summed E-state index contributed by atoms with van der Waals surface area (Å²) in [5.41, 5.74) is 5.60. The first-order valence-corrected chi connectivity index (χ1v) is 9.09. The molecule has 0 saturated carbocycles. The van der Waals surface area contributed by atoms with E-state index in [1.165, 1.54) is 17.4 Å². The van der Waals surface area contributed by atoms with Crippen molar-refractivity contribution in [3.63, 3.8) is 0 Å². The molecule has 0 spiro atoms. The van der Waals surface area contributed by atoms with Crippen LogP contribution in [0.1, 0.15) is 17.3 Å². The first kappa shape index (κ1) is 17.0. The highest BCUT2D eigenvalue weighted by Crippen LogP contribution is 2.31. The lowest BCUT2D eigenvalue weighted by Gasteiger charge is -2.05. The van der Waals surface area contributed by atoms with E-state index in [9.17, 15) is 9.59 Å². The Bertz CT molecular complexity index is 1200. The number of hydrogen-bond acceptors (Lipinski definition) is 7. The number of ether oxygens (including phenoxy) is 1. The second-order valence-electron chi connectivity index (χ2n) is 5.62. The SMILES string of the molecule is CCOc1cccc2sc(NNC(=O)c3cc4ccccc4oc3=O)nc12. The Balaban J connectivity index is 1.56. The first-order valence-electron chi connectivity index (χ1n) is 8.27. The van der Waals surface area contributed by atoms with Gasteiger partial charge in [-0.15, -0.1) is 0 Å². The molecular weight excluding hydrogens is 366 g/mol. The minimum Gasteiger partial charge on any atom is -0.492 e. The molecule has 136 valence electrons. The number of hydrazine groups is 1. The van der Waals surface area contributed by atoms with Crippen molar-refractivity contribution in [2.45, 2.75) is 6.92 Å². The lowest BCUT2D eigenvalue weighted by Crippen LogP contribution is -2.32. The predicted molar refractivity (Wildman–Crippen MR) is 104 cm³/mol. The third-order valence-corrected chi connectivity index (χ3v) is 4.79. The fourth-order valence-electron chi connectivity index (χ4n) is 2.65. The van der Waals surface area contributed by atoms with Crippen LogP contribution in [0.15, 0.2) is 57.7 Å². The first-order chi connectivity index (χ1) is 13.2. The minimum atomic E-state index is -0.698. The number of fused-ring (bicyclic) bond motifs is 2. The maximum Gasteiger partial charge on any atom is 0.349 e. The zero-order valence-electron chi connectivity index (χ0n) is 14.3. The van der Waals surface area contributed by atoms with Gasteiger partial charge in [0.15, 0.2) is 0 Å². The van der Waals surface area contributed by atoms with Crippen LogP contribution in [-0.2, 0) is 0 Å². The number of hydrogen-bond donors (Lipinski definition) is 2. The summed E-state index contributed by atoms with van der Waals surface area (Å²) in [6, 6.07) is 14.2. The van der Waals surface area contributed by atoms with Crippen molar-refractivity contribution in [2.75, 3.05) is 12.0 Å². The number of carbonyl (C=O) groups excluding carboxylic acids is 1. The molecule has 2 aromatic carbocycles. The predicted octanol–water partition coefficient (Wildman–Crippen LogP) is 3.56. The van der Waals surface area contributed by atoms with Crippen molar-refractivity contribution in [2.24, 2.45) is 0 Å². The lowest BCUT2D eigenvalue weighted by molar-refractivity contribution is 0.0959. The number of thiazole rings is 1. The van der Waals surface area contributed by atoms with Crippen LogP contribution >= 0.6 is 11.3 Å². The molecule has 4 rings (SSSR count). The van der Waals surface area contributed by atoms with Gasteiger partial charge in [-0.05, 0) is 31.2 Å². The number of nitrogens with zero attached hydrogens (tertiary/aromatic N) is 1. The van der Waals surface area contributed by atoms with E-state index in [4.69, 9.17) is 9.15 Å². The third-order valence-electron chi connectivity index (χ3n) is 3.85. The summed E-state index contributed by atoms with van der Waals surface area (Å²) in [7, 11) is 0. The molecule has 27 heavy (non-hydrogen) atoms. The average molecular weight is 381 g/mol. The van der Waals surface area contributed by atoms with Crippen LogP contribution in [0.25, 0.3) is 21.2 Å². The van der Waals surface area contributed by atoms with Gasteiger partial charge in [0.25, 0.3) is 5.91 Å². The van der Waals surface area contributed by atoms with Gasteiger partial charge >= 0.3 is 5.63 Å². The Morgan fingerprint density at radius 1 is 1.22 bits per heavy atom. The Hall–Kier alpha value is -3.39. The molecule has 2 aromatic heterocycles. The monoisotopic (exact) mass is 381 g/mol. The largest absolute Gasteiger partial charge is 0.492 e. The van der Waals surface area contributed by atoms with Crippen molar-refractivity contribution in [1.29, 1.82) is 0 Å². The maximum atomic E-state index is 12.4. The van der Waals surface area contributed by atoms with Gasteiger partial charge in [0.2, 0.25) is 5.13 Å². The average Bonchev–Trinajstić information content (AvgIpc) is 3.10. The van der Waals surface area contributed by atoms with E-state index in [2.05, 4.69) is 15.8 Å². The van der Waals surface area contributed by atoms with Crippen molar-refractivity contribution in [3.8, 4) is 5.75 Å². The van der Waals surface area contributed by atoms with Crippen LogP contribution in [0.2, 0.25) is 0 Å². The molecule has 7 nitrogen and oxygen atoms in total. The van der Waals surface area contributed by atoms with E-state index in [0.717, 1.165) is 4.70 Å². The number of anilines is 1. The molecule has 0 unspecified atom stereocenters. The van der Waals surface area contributed by atoms with Crippen molar-refractivity contribution in [3.05, 3.63) is 64.5 Å². The van der Waals surface area contributed by atoms with Crippen molar-refractivity contribution < 1.29 is 13.9 Å². The van der Waals surface area contributed by atoms with Crippen LogP contribution in [-0.4, -0.2) is 17.5 Å². The molecule has 0 saturated heterocycles.